The smallest absolute Gasteiger partial charge is 0.330 e. The Hall–Kier alpha value is -2.05. The van der Waals surface area contributed by atoms with E-state index in [0.717, 1.165) is 23.5 Å². The van der Waals surface area contributed by atoms with E-state index in [0.29, 0.717) is 11.9 Å². The summed E-state index contributed by atoms with van der Waals surface area (Å²) in [4.78, 5) is 16.0. The van der Waals surface area contributed by atoms with Gasteiger partial charge in [0.25, 0.3) is 5.56 Å². The minimum atomic E-state index is -4.63. The van der Waals surface area contributed by atoms with Gasteiger partial charge in [-0.2, -0.15) is 13.2 Å². The molecule has 0 saturated heterocycles. The lowest BCUT2D eigenvalue weighted by molar-refractivity contribution is -0.138. The van der Waals surface area contributed by atoms with Crippen molar-refractivity contribution in [1.29, 1.82) is 0 Å². The minimum absolute atomic E-state index is 0.0479. The van der Waals surface area contributed by atoms with Gasteiger partial charge in [-0.15, -0.1) is 0 Å². The van der Waals surface area contributed by atoms with Gasteiger partial charge in [0, 0.05) is 24.6 Å². The predicted octanol–water partition coefficient (Wildman–Crippen LogP) is 2.45. The quantitative estimate of drug-likeness (QED) is 0.868. The largest absolute Gasteiger partial charge is 0.421 e. The van der Waals surface area contributed by atoms with Gasteiger partial charge in [0.15, 0.2) is 0 Å². The number of pyridine rings is 1. The van der Waals surface area contributed by atoms with E-state index in [1.807, 2.05) is 4.57 Å². The van der Waals surface area contributed by atoms with Crippen molar-refractivity contribution < 1.29 is 13.2 Å². The highest BCUT2D eigenvalue weighted by Crippen LogP contribution is 2.35. The van der Waals surface area contributed by atoms with Crippen LogP contribution in [0.15, 0.2) is 35.5 Å². The van der Waals surface area contributed by atoms with Crippen LogP contribution in [0.25, 0.3) is 0 Å². The third-order valence-electron chi connectivity index (χ3n) is 3.33. The van der Waals surface area contributed by atoms with Crippen molar-refractivity contribution in [2.45, 2.75) is 31.6 Å². The monoisotopic (exact) mass is 283 g/mol. The third-order valence-corrected chi connectivity index (χ3v) is 3.33. The number of rotatable bonds is 3. The Balaban J connectivity index is 1.95. The molecule has 7 heteroatoms. The fraction of sp³-hybridized carbons (Fsp3) is 0.385. The molecule has 1 saturated carbocycles. The molecule has 4 nitrogen and oxygen atoms in total. The maximum atomic E-state index is 12.7. The second kappa shape index (κ2) is 4.50. The molecule has 1 aliphatic rings. The predicted molar refractivity (Wildman–Crippen MR) is 65.3 cm³/mol. The van der Waals surface area contributed by atoms with E-state index < -0.39 is 17.3 Å². The summed E-state index contributed by atoms with van der Waals surface area (Å²) in [5.74, 6) is 0.605. The van der Waals surface area contributed by atoms with Crippen molar-refractivity contribution in [2.75, 3.05) is 0 Å². The number of nitrogens with zero attached hydrogens (tertiary/aromatic N) is 3. The number of hydrogen-bond donors (Lipinski definition) is 0. The average molecular weight is 283 g/mol. The lowest BCUT2D eigenvalue weighted by Crippen LogP contribution is -2.29. The van der Waals surface area contributed by atoms with Crippen molar-refractivity contribution in [3.8, 4) is 0 Å². The van der Waals surface area contributed by atoms with Crippen molar-refractivity contribution in [3.05, 3.63) is 52.5 Å². The fourth-order valence-corrected chi connectivity index (χ4v) is 2.18. The molecule has 2 heterocycles. The fourth-order valence-electron chi connectivity index (χ4n) is 2.18. The summed E-state index contributed by atoms with van der Waals surface area (Å²) >= 11 is 0. The van der Waals surface area contributed by atoms with Gasteiger partial charge in [0.1, 0.15) is 11.4 Å². The number of halogens is 3. The Morgan fingerprint density at radius 2 is 2.05 bits per heavy atom. The first-order valence-electron chi connectivity index (χ1n) is 6.25. The molecule has 0 unspecified atom stereocenters. The van der Waals surface area contributed by atoms with Crippen LogP contribution in [-0.2, 0) is 12.7 Å². The maximum absolute atomic E-state index is 12.7. The molecule has 1 aliphatic carbocycles. The van der Waals surface area contributed by atoms with Crippen LogP contribution in [0.1, 0.15) is 30.3 Å². The van der Waals surface area contributed by atoms with Gasteiger partial charge in [-0.1, -0.05) is 0 Å². The molecular weight excluding hydrogens is 271 g/mol. The molecule has 0 spiro atoms. The van der Waals surface area contributed by atoms with Crippen molar-refractivity contribution in [3.63, 3.8) is 0 Å². The van der Waals surface area contributed by atoms with Crippen LogP contribution >= 0.6 is 0 Å². The normalized spacial score (nSPS) is 15.6. The van der Waals surface area contributed by atoms with Crippen LogP contribution in [0.3, 0.4) is 0 Å². The topological polar surface area (TPSA) is 39.8 Å². The number of aromatic nitrogens is 3. The lowest BCUT2D eigenvalue weighted by Gasteiger charge is -2.11. The summed E-state index contributed by atoms with van der Waals surface area (Å²) in [6.07, 6.45) is 2.20. The summed E-state index contributed by atoms with van der Waals surface area (Å²) in [6.45, 7) is 0.0479. The molecule has 0 aromatic carbocycles. The van der Waals surface area contributed by atoms with Gasteiger partial charge < -0.3 is 9.13 Å². The molecule has 0 radical (unpaired) electrons. The van der Waals surface area contributed by atoms with Crippen LogP contribution in [-0.4, -0.2) is 14.1 Å². The molecule has 0 N–H and O–H groups in total. The van der Waals surface area contributed by atoms with Crippen LogP contribution in [0.5, 0.6) is 0 Å². The van der Waals surface area contributed by atoms with E-state index in [-0.39, 0.29) is 6.54 Å². The number of hydrogen-bond acceptors (Lipinski definition) is 2. The highest BCUT2D eigenvalue weighted by Gasteiger charge is 2.34. The van der Waals surface area contributed by atoms with E-state index in [9.17, 15) is 18.0 Å². The van der Waals surface area contributed by atoms with E-state index in [1.165, 1.54) is 12.3 Å². The van der Waals surface area contributed by atoms with Crippen LogP contribution < -0.4 is 5.56 Å². The first-order chi connectivity index (χ1) is 9.47. The molecule has 1 fully saturated rings. The zero-order valence-corrected chi connectivity index (χ0v) is 10.5. The molecule has 106 valence electrons. The molecule has 0 atom stereocenters. The summed E-state index contributed by atoms with van der Waals surface area (Å²) < 4.78 is 41.0. The zero-order chi connectivity index (χ0) is 14.3. The molecule has 0 amide bonds. The maximum Gasteiger partial charge on any atom is 0.421 e. The SMILES string of the molecule is O=c1c(C(F)(F)F)cccn1Cc1nccn1C1CC1. The summed E-state index contributed by atoms with van der Waals surface area (Å²) in [5, 5.41) is 0. The van der Waals surface area contributed by atoms with Gasteiger partial charge >= 0.3 is 6.18 Å². The number of alkyl halides is 3. The first kappa shape index (κ1) is 13.0. The van der Waals surface area contributed by atoms with Crippen LogP contribution in [0.4, 0.5) is 13.2 Å². The average Bonchev–Trinajstić information content (AvgIpc) is 3.11. The summed E-state index contributed by atoms with van der Waals surface area (Å²) in [7, 11) is 0. The molecule has 2 aromatic rings. The van der Waals surface area contributed by atoms with Gasteiger partial charge in [0.2, 0.25) is 0 Å². The van der Waals surface area contributed by atoms with E-state index in [2.05, 4.69) is 4.98 Å². The third kappa shape index (κ3) is 2.35. The first-order valence-corrected chi connectivity index (χ1v) is 6.25. The second-order valence-electron chi connectivity index (χ2n) is 4.83. The molecular formula is C13H12F3N3O. The highest BCUT2D eigenvalue weighted by atomic mass is 19.4. The standard InChI is InChI=1S/C13H12F3N3O/c14-13(15,16)10-2-1-6-18(12(10)20)8-11-17-5-7-19(11)9-3-4-9/h1-2,5-7,9H,3-4,8H2. The van der Waals surface area contributed by atoms with Crippen molar-refractivity contribution in [1.82, 2.24) is 14.1 Å². The van der Waals surface area contributed by atoms with Crippen molar-refractivity contribution >= 4 is 0 Å². The summed E-state index contributed by atoms with van der Waals surface area (Å²) in [5.41, 5.74) is -2.19. The minimum Gasteiger partial charge on any atom is -0.330 e. The summed E-state index contributed by atoms with van der Waals surface area (Å²) in [6, 6.07) is 2.40. The van der Waals surface area contributed by atoms with Crippen molar-refractivity contribution in [2.24, 2.45) is 0 Å². The van der Waals surface area contributed by atoms with E-state index in [1.54, 1.807) is 12.4 Å². The molecule has 3 rings (SSSR count). The molecule has 20 heavy (non-hydrogen) atoms. The van der Waals surface area contributed by atoms with E-state index >= 15 is 0 Å². The van der Waals surface area contributed by atoms with Gasteiger partial charge in [-0.25, -0.2) is 4.98 Å². The number of imidazole rings is 1. The van der Waals surface area contributed by atoms with Gasteiger partial charge in [-0.05, 0) is 25.0 Å². The zero-order valence-electron chi connectivity index (χ0n) is 10.5. The lowest BCUT2D eigenvalue weighted by atomic mass is 10.2. The van der Waals surface area contributed by atoms with E-state index in [4.69, 9.17) is 0 Å². The highest BCUT2D eigenvalue weighted by molar-refractivity contribution is 5.15. The Kier molecular flexibility index (Phi) is 2.92. The van der Waals surface area contributed by atoms with Gasteiger partial charge in [0.05, 0.1) is 6.54 Å². The Bertz CT molecular complexity index is 683. The molecule has 2 aromatic heterocycles. The van der Waals surface area contributed by atoms with Gasteiger partial charge in [-0.3, -0.25) is 4.79 Å². The molecule has 0 aliphatic heterocycles. The Labute approximate surface area is 112 Å². The Morgan fingerprint density at radius 1 is 1.30 bits per heavy atom. The Morgan fingerprint density at radius 3 is 2.70 bits per heavy atom. The molecule has 0 bridgehead atoms. The van der Waals surface area contributed by atoms with Crippen LogP contribution in [0.2, 0.25) is 0 Å². The second-order valence-corrected chi connectivity index (χ2v) is 4.83. The van der Waals surface area contributed by atoms with Crippen LogP contribution in [0, 0.1) is 0 Å².